The molecule has 1 aliphatic rings. The van der Waals surface area contributed by atoms with E-state index in [1.165, 1.54) is 25.8 Å². The van der Waals surface area contributed by atoms with Gasteiger partial charge in [-0.25, -0.2) is 0 Å². The minimum Gasteiger partial charge on any atom is -0.314 e. The predicted molar refractivity (Wildman–Crippen MR) is 40.5 cm³/mol. The summed E-state index contributed by atoms with van der Waals surface area (Å²) in [6.07, 6.45) is 4.14. The molecule has 1 heteroatoms. The van der Waals surface area contributed by atoms with Gasteiger partial charge in [-0.05, 0) is 38.6 Å². The molecule has 0 amide bonds. The van der Waals surface area contributed by atoms with Crippen molar-refractivity contribution in [3.05, 3.63) is 0 Å². The summed E-state index contributed by atoms with van der Waals surface area (Å²) in [5.74, 6) is 0.940. The first-order chi connectivity index (χ1) is 4.29. The van der Waals surface area contributed by atoms with Crippen LogP contribution < -0.4 is 5.32 Å². The zero-order chi connectivity index (χ0) is 6.69. The van der Waals surface area contributed by atoms with Crippen molar-refractivity contribution in [2.24, 2.45) is 5.92 Å². The van der Waals surface area contributed by atoms with E-state index in [1.807, 2.05) is 0 Å². The highest BCUT2D eigenvalue weighted by Gasteiger charge is 2.11. The molecule has 9 heavy (non-hydrogen) atoms. The van der Waals surface area contributed by atoms with Gasteiger partial charge in [0.25, 0.3) is 0 Å². The maximum absolute atomic E-state index is 3.47. The smallest absolute Gasteiger partial charge is 0.00412 e. The standard InChI is InChI=1S/C8H17N/c1-7-4-3-5-9-8(2)6-7/h7-9H,3-6H2,1-2H3/t7-,8+/m1/s1. The Kier molecular flexibility index (Phi) is 2.52. The summed E-state index contributed by atoms with van der Waals surface area (Å²) >= 11 is 0. The Morgan fingerprint density at radius 3 is 2.89 bits per heavy atom. The zero-order valence-electron chi connectivity index (χ0n) is 6.48. The molecule has 1 heterocycles. The maximum atomic E-state index is 3.47. The van der Waals surface area contributed by atoms with Crippen molar-refractivity contribution in [2.45, 2.75) is 39.2 Å². The molecule has 2 atom stereocenters. The molecule has 1 saturated heterocycles. The van der Waals surface area contributed by atoms with Crippen LogP contribution in [0.15, 0.2) is 0 Å². The number of hydrogen-bond donors (Lipinski definition) is 1. The van der Waals surface area contributed by atoms with E-state index in [4.69, 9.17) is 0 Å². The second-order valence-electron chi connectivity index (χ2n) is 3.34. The van der Waals surface area contributed by atoms with Gasteiger partial charge >= 0.3 is 0 Å². The molecular formula is C8H17N. The Labute approximate surface area is 57.8 Å². The van der Waals surface area contributed by atoms with Crippen LogP contribution in [0.1, 0.15) is 33.1 Å². The molecule has 0 aromatic rings. The summed E-state index contributed by atoms with van der Waals surface area (Å²) in [5, 5.41) is 3.47. The lowest BCUT2D eigenvalue weighted by molar-refractivity contribution is 0.461. The van der Waals surface area contributed by atoms with Crippen LogP contribution >= 0.6 is 0 Å². The van der Waals surface area contributed by atoms with Crippen LogP contribution in [0.2, 0.25) is 0 Å². The second-order valence-corrected chi connectivity index (χ2v) is 3.34. The molecule has 0 aromatic carbocycles. The van der Waals surface area contributed by atoms with Crippen molar-refractivity contribution in [1.82, 2.24) is 5.32 Å². The molecule has 1 fully saturated rings. The van der Waals surface area contributed by atoms with E-state index in [0.717, 1.165) is 12.0 Å². The Hall–Kier alpha value is -0.0400. The van der Waals surface area contributed by atoms with Crippen molar-refractivity contribution < 1.29 is 0 Å². The first kappa shape index (κ1) is 7.07. The van der Waals surface area contributed by atoms with E-state index in [9.17, 15) is 0 Å². The van der Waals surface area contributed by atoms with Crippen LogP contribution in [0, 0.1) is 5.92 Å². The molecule has 54 valence electrons. The third-order valence-electron chi connectivity index (χ3n) is 2.12. The lowest BCUT2D eigenvalue weighted by atomic mass is 10.0. The summed E-state index contributed by atoms with van der Waals surface area (Å²) in [7, 11) is 0. The van der Waals surface area contributed by atoms with E-state index in [1.54, 1.807) is 0 Å². The van der Waals surface area contributed by atoms with Gasteiger partial charge in [-0.15, -0.1) is 0 Å². The Balaban J connectivity index is 2.29. The molecule has 0 aliphatic carbocycles. The van der Waals surface area contributed by atoms with Crippen LogP contribution in [0.3, 0.4) is 0 Å². The van der Waals surface area contributed by atoms with E-state index in [-0.39, 0.29) is 0 Å². The molecule has 0 unspecified atom stereocenters. The van der Waals surface area contributed by atoms with Crippen molar-refractivity contribution in [2.75, 3.05) is 6.54 Å². The van der Waals surface area contributed by atoms with Crippen LogP contribution in [0.5, 0.6) is 0 Å². The van der Waals surface area contributed by atoms with Crippen molar-refractivity contribution in [1.29, 1.82) is 0 Å². The number of hydrogen-bond acceptors (Lipinski definition) is 1. The molecule has 0 bridgehead atoms. The summed E-state index contributed by atoms with van der Waals surface area (Å²) < 4.78 is 0. The van der Waals surface area contributed by atoms with Crippen molar-refractivity contribution >= 4 is 0 Å². The minimum absolute atomic E-state index is 0.752. The van der Waals surface area contributed by atoms with Crippen molar-refractivity contribution in [3.63, 3.8) is 0 Å². The topological polar surface area (TPSA) is 12.0 Å². The Bertz CT molecular complexity index is 70.6. The van der Waals surface area contributed by atoms with Gasteiger partial charge < -0.3 is 5.32 Å². The van der Waals surface area contributed by atoms with Crippen LogP contribution in [-0.4, -0.2) is 12.6 Å². The van der Waals surface area contributed by atoms with E-state index in [2.05, 4.69) is 19.2 Å². The summed E-state index contributed by atoms with van der Waals surface area (Å²) in [4.78, 5) is 0. The second kappa shape index (κ2) is 3.21. The summed E-state index contributed by atoms with van der Waals surface area (Å²) in [6, 6.07) is 0.752. The van der Waals surface area contributed by atoms with Gasteiger partial charge in [0.15, 0.2) is 0 Å². The van der Waals surface area contributed by atoms with Crippen LogP contribution in [0.4, 0.5) is 0 Å². The van der Waals surface area contributed by atoms with Gasteiger partial charge in [0.2, 0.25) is 0 Å². The van der Waals surface area contributed by atoms with Gasteiger partial charge in [0.05, 0.1) is 0 Å². The third-order valence-corrected chi connectivity index (χ3v) is 2.12. The van der Waals surface area contributed by atoms with E-state index < -0.39 is 0 Å². The summed E-state index contributed by atoms with van der Waals surface area (Å²) in [6.45, 7) is 5.86. The Morgan fingerprint density at radius 1 is 1.33 bits per heavy atom. The highest BCUT2D eigenvalue weighted by Crippen LogP contribution is 2.15. The molecule has 0 saturated carbocycles. The van der Waals surface area contributed by atoms with Gasteiger partial charge in [-0.2, -0.15) is 0 Å². The summed E-state index contributed by atoms with van der Waals surface area (Å²) in [5.41, 5.74) is 0. The normalized spacial score (nSPS) is 38.0. The molecular weight excluding hydrogens is 110 g/mol. The first-order valence-corrected chi connectivity index (χ1v) is 4.02. The number of rotatable bonds is 0. The fourth-order valence-electron chi connectivity index (χ4n) is 1.60. The van der Waals surface area contributed by atoms with Gasteiger partial charge in [0, 0.05) is 6.04 Å². The van der Waals surface area contributed by atoms with Crippen LogP contribution in [0.25, 0.3) is 0 Å². The lowest BCUT2D eigenvalue weighted by Crippen LogP contribution is -2.25. The SMILES string of the molecule is C[C@@H]1CCCN[C@@H](C)C1. The molecule has 0 radical (unpaired) electrons. The molecule has 1 rings (SSSR count). The van der Waals surface area contributed by atoms with Gasteiger partial charge in [-0.3, -0.25) is 0 Å². The average Bonchev–Trinajstić information content (AvgIpc) is 1.93. The molecule has 1 N–H and O–H groups in total. The molecule has 0 aromatic heterocycles. The Morgan fingerprint density at radius 2 is 2.11 bits per heavy atom. The molecule has 0 spiro atoms. The lowest BCUT2D eigenvalue weighted by Gasteiger charge is -2.11. The van der Waals surface area contributed by atoms with Crippen molar-refractivity contribution in [3.8, 4) is 0 Å². The third kappa shape index (κ3) is 2.35. The average molecular weight is 127 g/mol. The highest BCUT2D eigenvalue weighted by molar-refractivity contribution is 4.69. The fourth-order valence-corrected chi connectivity index (χ4v) is 1.60. The van der Waals surface area contributed by atoms with E-state index in [0.29, 0.717) is 0 Å². The molecule has 1 aliphatic heterocycles. The molecule has 1 nitrogen and oxygen atoms in total. The quantitative estimate of drug-likeness (QED) is 0.523. The first-order valence-electron chi connectivity index (χ1n) is 4.02. The number of nitrogens with one attached hydrogen (secondary N) is 1. The largest absolute Gasteiger partial charge is 0.314 e. The fraction of sp³-hybridized carbons (Fsp3) is 1.00. The van der Waals surface area contributed by atoms with E-state index >= 15 is 0 Å². The van der Waals surface area contributed by atoms with Gasteiger partial charge in [-0.1, -0.05) is 6.92 Å². The predicted octanol–water partition coefficient (Wildman–Crippen LogP) is 1.78. The minimum atomic E-state index is 0.752. The van der Waals surface area contributed by atoms with Gasteiger partial charge in [0.1, 0.15) is 0 Å². The maximum Gasteiger partial charge on any atom is 0.00412 e. The highest BCUT2D eigenvalue weighted by atomic mass is 14.9. The zero-order valence-corrected chi connectivity index (χ0v) is 6.48. The monoisotopic (exact) mass is 127 g/mol. The van der Waals surface area contributed by atoms with Crippen LogP contribution in [-0.2, 0) is 0 Å².